The molecule has 2 aromatic rings. The van der Waals surface area contributed by atoms with E-state index >= 15 is 0 Å². The molecule has 5 nitrogen and oxygen atoms in total. The van der Waals surface area contributed by atoms with Gasteiger partial charge in [-0.3, -0.25) is 4.79 Å². The van der Waals surface area contributed by atoms with Gasteiger partial charge in [-0.1, -0.05) is 37.5 Å². The van der Waals surface area contributed by atoms with Crippen LogP contribution in [0.3, 0.4) is 0 Å². The number of aromatic nitrogens is 2. The van der Waals surface area contributed by atoms with Gasteiger partial charge < -0.3 is 9.80 Å². The largest absolute Gasteiger partial charge is 0.365 e. The van der Waals surface area contributed by atoms with Gasteiger partial charge in [-0.15, -0.1) is 0 Å². The molecule has 0 bridgehead atoms. The van der Waals surface area contributed by atoms with Crippen molar-refractivity contribution in [2.75, 3.05) is 31.1 Å². The topological polar surface area (TPSA) is 41.4 Å². The summed E-state index contributed by atoms with van der Waals surface area (Å²) in [4.78, 5) is 17.2. The van der Waals surface area contributed by atoms with E-state index < -0.39 is 0 Å². The minimum atomic E-state index is 0.361. The van der Waals surface area contributed by atoms with E-state index in [1.165, 1.54) is 43.5 Å². The zero-order chi connectivity index (χ0) is 19.5. The lowest BCUT2D eigenvalue weighted by Gasteiger charge is -2.37. The van der Waals surface area contributed by atoms with Crippen molar-refractivity contribution in [1.82, 2.24) is 14.7 Å². The average Bonchev–Trinajstić information content (AvgIpc) is 3.03. The molecule has 1 aliphatic carbocycles. The molecule has 1 saturated heterocycles. The first-order valence-corrected chi connectivity index (χ1v) is 10.8. The van der Waals surface area contributed by atoms with Gasteiger partial charge in [0.15, 0.2) is 0 Å². The predicted molar refractivity (Wildman–Crippen MR) is 113 cm³/mol. The summed E-state index contributed by atoms with van der Waals surface area (Å²) in [6, 6.07) is 10.3. The van der Waals surface area contributed by atoms with Crippen molar-refractivity contribution < 1.29 is 4.79 Å². The molecule has 2 fully saturated rings. The summed E-state index contributed by atoms with van der Waals surface area (Å²) in [7, 11) is 0. The van der Waals surface area contributed by atoms with E-state index in [9.17, 15) is 4.79 Å². The molecule has 0 spiro atoms. The summed E-state index contributed by atoms with van der Waals surface area (Å²) >= 11 is 0. The Balaban J connectivity index is 1.40. The van der Waals surface area contributed by atoms with Gasteiger partial charge in [-0.2, -0.15) is 5.10 Å². The molecule has 2 aliphatic rings. The molecule has 5 heteroatoms. The molecule has 28 heavy (non-hydrogen) atoms. The van der Waals surface area contributed by atoms with Crippen LogP contribution in [0.4, 0.5) is 5.69 Å². The Hall–Kier alpha value is -2.30. The number of para-hydroxylation sites is 1. The second kappa shape index (κ2) is 8.38. The van der Waals surface area contributed by atoms with Crippen molar-refractivity contribution in [1.29, 1.82) is 0 Å². The lowest BCUT2D eigenvalue weighted by molar-refractivity contribution is -0.132. The van der Waals surface area contributed by atoms with Crippen molar-refractivity contribution in [2.24, 2.45) is 5.92 Å². The molecule has 150 valence electrons. The Labute approximate surface area is 168 Å². The molecule has 4 rings (SSSR count). The number of rotatable bonds is 4. The lowest BCUT2D eigenvalue weighted by atomic mass is 9.86. The van der Waals surface area contributed by atoms with E-state index in [0.717, 1.165) is 44.0 Å². The number of nitrogens with zero attached hydrogens (tertiary/aromatic N) is 4. The van der Waals surface area contributed by atoms with Gasteiger partial charge >= 0.3 is 0 Å². The Bertz CT molecular complexity index is 800. The minimum Gasteiger partial charge on any atom is -0.365 e. The van der Waals surface area contributed by atoms with Crippen molar-refractivity contribution in [2.45, 2.75) is 52.4 Å². The molecule has 0 N–H and O–H groups in total. The standard InChI is InChI=1S/C23H32N4O/c1-18-23(19(2)27(24-18)21-11-7-4-8-12-21)26-15-13-25(14-16-26)22(28)17-20-9-5-3-6-10-20/h4,7-8,11-12,20H,3,5-6,9-10,13-17H2,1-2H3. The van der Waals surface area contributed by atoms with Gasteiger partial charge in [0.05, 0.1) is 22.8 Å². The smallest absolute Gasteiger partial charge is 0.222 e. The number of carbonyl (C=O) groups is 1. The Kier molecular flexibility index (Phi) is 5.69. The van der Waals surface area contributed by atoms with Gasteiger partial charge in [0.1, 0.15) is 0 Å². The SMILES string of the molecule is Cc1nn(-c2ccccc2)c(C)c1N1CCN(C(=O)CC2CCCCC2)CC1. The van der Waals surface area contributed by atoms with Crippen LogP contribution in [-0.2, 0) is 4.79 Å². The van der Waals surface area contributed by atoms with E-state index in [2.05, 4.69) is 35.8 Å². The van der Waals surface area contributed by atoms with E-state index in [1.54, 1.807) is 0 Å². The first-order chi connectivity index (χ1) is 13.6. The zero-order valence-electron chi connectivity index (χ0n) is 17.2. The van der Waals surface area contributed by atoms with Gasteiger partial charge in [0.2, 0.25) is 5.91 Å². The molecule has 0 atom stereocenters. The van der Waals surface area contributed by atoms with E-state index in [0.29, 0.717) is 11.8 Å². The van der Waals surface area contributed by atoms with Crippen molar-refractivity contribution in [3.8, 4) is 5.69 Å². The van der Waals surface area contributed by atoms with Crippen LogP contribution in [0.25, 0.3) is 5.69 Å². The minimum absolute atomic E-state index is 0.361. The summed E-state index contributed by atoms with van der Waals surface area (Å²) in [5.41, 5.74) is 4.55. The normalized spacial score (nSPS) is 18.5. The van der Waals surface area contributed by atoms with Crippen molar-refractivity contribution in [3.63, 3.8) is 0 Å². The first kappa shape index (κ1) is 19.0. The highest BCUT2D eigenvalue weighted by Crippen LogP contribution is 2.29. The van der Waals surface area contributed by atoms with E-state index in [-0.39, 0.29) is 0 Å². The molecule has 1 aliphatic heterocycles. The molecule has 2 heterocycles. The summed E-state index contributed by atoms with van der Waals surface area (Å²) < 4.78 is 2.03. The summed E-state index contributed by atoms with van der Waals surface area (Å²) in [5.74, 6) is 0.979. The number of piperazine rings is 1. The van der Waals surface area contributed by atoms with Gasteiger partial charge in [-0.25, -0.2) is 4.68 Å². The van der Waals surface area contributed by atoms with E-state index in [1.807, 2.05) is 22.9 Å². The molecule has 0 radical (unpaired) electrons. The highest BCUT2D eigenvalue weighted by atomic mass is 16.2. The van der Waals surface area contributed by atoms with Crippen LogP contribution < -0.4 is 4.90 Å². The predicted octanol–water partition coefficient (Wildman–Crippen LogP) is 4.11. The highest BCUT2D eigenvalue weighted by Gasteiger charge is 2.27. The highest BCUT2D eigenvalue weighted by molar-refractivity contribution is 5.77. The molecule has 1 saturated carbocycles. The molecule has 1 amide bonds. The number of benzene rings is 1. The Morgan fingerprint density at radius 1 is 1.00 bits per heavy atom. The van der Waals surface area contributed by atoms with Gasteiger partial charge in [-0.05, 0) is 44.7 Å². The maximum absolute atomic E-state index is 12.7. The van der Waals surface area contributed by atoms with Crippen LogP contribution in [-0.4, -0.2) is 46.8 Å². The Morgan fingerprint density at radius 3 is 2.36 bits per heavy atom. The summed E-state index contributed by atoms with van der Waals surface area (Å²) in [6.45, 7) is 7.64. The summed E-state index contributed by atoms with van der Waals surface area (Å²) in [5, 5.41) is 4.78. The van der Waals surface area contributed by atoms with Crippen LogP contribution in [0.1, 0.15) is 49.9 Å². The number of hydrogen-bond donors (Lipinski definition) is 0. The zero-order valence-corrected chi connectivity index (χ0v) is 17.2. The monoisotopic (exact) mass is 380 g/mol. The van der Waals surface area contributed by atoms with Crippen LogP contribution >= 0.6 is 0 Å². The Morgan fingerprint density at radius 2 is 1.68 bits per heavy atom. The lowest BCUT2D eigenvalue weighted by Crippen LogP contribution is -2.49. The fourth-order valence-corrected chi connectivity index (χ4v) is 4.86. The van der Waals surface area contributed by atoms with Crippen molar-refractivity contribution in [3.05, 3.63) is 41.7 Å². The average molecular weight is 381 g/mol. The number of carbonyl (C=O) groups excluding carboxylic acids is 1. The van der Waals surface area contributed by atoms with Gasteiger partial charge in [0.25, 0.3) is 0 Å². The third-order valence-corrected chi connectivity index (χ3v) is 6.39. The quantitative estimate of drug-likeness (QED) is 0.802. The van der Waals surface area contributed by atoms with Crippen LogP contribution in [0.5, 0.6) is 0 Å². The number of aryl methyl sites for hydroxylation is 1. The number of amides is 1. The molecular formula is C23H32N4O. The molecule has 1 aromatic carbocycles. The fraction of sp³-hybridized carbons (Fsp3) is 0.565. The maximum atomic E-state index is 12.7. The van der Waals surface area contributed by atoms with Crippen LogP contribution in [0, 0.1) is 19.8 Å². The van der Waals surface area contributed by atoms with Gasteiger partial charge in [0, 0.05) is 32.6 Å². The van der Waals surface area contributed by atoms with Crippen LogP contribution in [0.15, 0.2) is 30.3 Å². The molecular weight excluding hydrogens is 348 g/mol. The molecule has 1 aromatic heterocycles. The van der Waals surface area contributed by atoms with Crippen LogP contribution in [0.2, 0.25) is 0 Å². The second-order valence-corrected chi connectivity index (χ2v) is 8.34. The maximum Gasteiger partial charge on any atom is 0.222 e. The summed E-state index contributed by atoms with van der Waals surface area (Å²) in [6.07, 6.45) is 7.18. The fourth-order valence-electron chi connectivity index (χ4n) is 4.86. The third-order valence-electron chi connectivity index (χ3n) is 6.39. The molecule has 0 unspecified atom stereocenters. The first-order valence-electron chi connectivity index (χ1n) is 10.8. The van der Waals surface area contributed by atoms with E-state index in [4.69, 9.17) is 5.10 Å². The third kappa shape index (κ3) is 3.94. The number of hydrogen-bond acceptors (Lipinski definition) is 3. The van der Waals surface area contributed by atoms with Crippen molar-refractivity contribution >= 4 is 11.6 Å². The second-order valence-electron chi connectivity index (χ2n) is 8.34. The number of anilines is 1.